The van der Waals surface area contributed by atoms with Gasteiger partial charge in [0.1, 0.15) is 11.5 Å². The fourth-order valence-electron chi connectivity index (χ4n) is 3.79. The number of aromatic nitrogens is 3. The first-order chi connectivity index (χ1) is 11.6. The fraction of sp³-hybridized carbons (Fsp3) is 0.684. The van der Waals surface area contributed by atoms with Gasteiger partial charge in [0.2, 0.25) is 0 Å². The van der Waals surface area contributed by atoms with Gasteiger partial charge in [-0.3, -0.25) is 9.58 Å². The van der Waals surface area contributed by atoms with Gasteiger partial charge in [-0.2, -0.15) is 5.10 Å². The Morgan fingerprint density at radius 2 is 2.08 bits per heavy atom. The van der Waals surface area contributed by atoms with Gasteiger partial charge >= 0.3 is 0 Å². The molecule has 1 saturated heterocycles. The summed E-state index contributed by atoms with van der Waals surface area (Å²) in [6, 6.07) is 2.54. The minimum absolute atomic E-state index is 0.362. The van der Waals surface area contributed by atoms with Crippen LogP contribution < -0.4 is 0 Å². The van der Waals surface area contributed by atoms with Crippen LogP contribution in [0, 0.1) is 13.8 Å². The Morgan fingerprint density at radius 3 is 2.79 bits per heavy atom. The molecule has 3 rings (SSSR count). The van der Waals surface area contributed by atoms with Gasteiger partial charge in [0.15, 0.2) is 0 Å². The molecule has 0 saturated carbocycles. The molecule has 132 valence electrons. The van der Waals surface area contributed by atoms with Crippen LogP contribution in [0.2, 0.25) is 0 Å². The summed E-state index contributed by atoms with van der Waals surface area (Å²) < 4.78 is 7.55. The van der Waals surface area contributed by atoms with E-state index in [0.717, 1.165) is 49.5 Å². The molecule has 2 aromatic heterocycles. The van der Waals surface area contributed by atoms with Gasteiger partial charge in [-0.15, -0.1) is 0 Å². The van der Waals surface area contributed by atoms with Gasteiger partial charge < -0.3 is 4.52 Å². The summed E-state index contributed by atoms with van der Waals surface area (Å²) in [6.45, 7) is 8.52. The number of rotatable bonds is 5. The number of hydrogen-bond donors (Lipinski definition) is 0. The molecule has 1 atom stereocenters. The molecule has 0 N–H and O–H groups in total. The molecule has 0 aromatic carbocycles. The Labute approximate surface area is 145 Å². The smallest absolute Gasteiger partial charge is 0.137 e. The Hall–Kier alpha value is -1.62. The van der Waals surface area contributed by atoms with Gasteiger partial charge in [-0.05, 0) is 39.7 Å². The van der Waals surface area contributed by atoms with Crippen molar-refractivity contribution >= 4 is 0 Å². The molecule has 0 unspecified atom stereocenters. The molecule has 5 heteroatoms. The van der Waals surface area contributed by atoms with Crippen LogP contribution in [-0.2, 0) is 20.0 Å². The molecule has 3 heterocycles. The molecule has 0 aliphatic carbocycles. The molecule has 0 amide bonds. The van der Waals surface area contributed by atoms with E-state index >= 15 is 0 Å². The third-order valence-electron chi connectivity index (χ3n) is 5.30. The summed E-state index contributed by atoms with van der Waals surface area (Å²) in [5, 5.41) is 8.99. The molecule has 1 aliphatic rings. The highest BCUT2D eigenvalue weighted by atomic mass is 16.5. The van der Waals surface area contributed by atoms with E-state index in [1.165, 1.54) is 30.5 Å². The summed E-state index contributed by atoms with van der Waals surface area (Å²) in [6.07, 6.45) is 7.06. The maximum Gasteiger partial charge on any atom is 0.137 e. The zero-order chi connectivity index (χ0) is 17.1. The molecule has 0 radical (unpaired) electrons. The van der Waals surface area contributed by atoms with E-state index in [-0.39, 0.29) is 0 Å². The van der Waals surface area contributed by atoms with Crippen molar-refractivity contribution in [2.45, 2.75) is 71.9 Å². The molecule has 2 aromatic rings. The molecule has 0 spiro atoms. The zero-order valence-electron chi connectivity index (χ0n) is 15.5. The molecule has 5 nitrogen and oxygen atoms in total. The van der Waals surface area contributed by atoms with E-state index in [0.29, 0.717) is 6.04 Å². The van der Waals surface area contributed by atoms with Crippen LogP contribution >= 0.6 is 0 Å². The van der Waals surface area contributed by atoms with Gasteiger partial charge in [-0.1, -0.05) is 24.9 Å². The molecule has 24 heavy (non-hydrogen) atoms. The largest absolute Gasteiger partial charge is 0.361 e. The van der Waals surface area contributed by atoms with E-state index in [1.807, 2.05) is 11.7 Å². The summed E-state index contributed by atoms with van der Waals surface area (Å²) in [5.41, 5.74) is 4.88. The van der Waals surface area contributed by atoms with Crippen molar-refractivity contribution in [1.82, 2.24) is 19.8 Å². The number of likely N-dealkylation sites (tertiary alicyclic amines) is 1. The summed E-state index contributed by atoms with van der Waals surface area (Å²) >= 11 is 0. The first kappa shape index (κ1) is 17.2. The second-order valence-corrected chi connectivity index (χ2v) is 7.08. The van der Waals surface area contributed by atoms with Crippen LogP contribution in [0.4, 0.5) is 0 Å². The molecular formula is C19H30N4O. The third-order valence-corrected chi connectivity index (χ3v) is 5.30. The molecule has 1 aliphatic heterocycles. The van der Waals surface area contributed by atoms with Crippen LogP contribution in [0.25, 0.3) is 0 Å². The van der Waals surface area contributed by atoms with Crippen molar-refractivity contribution in [3.05, 3.63) is 34.5 Å². The van der Waals surface area contributed by atoms with Crippen molar-refractivity contribution < 1.29 is 4.52 Å². The lowest BCUT2D eigenvalue weighted by molar-refractivity contribution is 0.183. The van der Waals surface area contributed by atoms with Gasteiger partial charge in [0.05, 0.1) is 11.7 Å². The lowest BCUT2D eigenvalue weighted by atomic mass is 10.0. The Kier molecular flexibility index (Phi) is 5.39. The summed E-state index contributed by atoms with van der Waals surface area (Å²) in [7, 11) is 2.03. The van der Waals surface area contributed by atoms with E-state index < -0.39 is 0 Å². The Balaban J connectivity index is 1.84. The van der Waals surface area contributed by atoms with Gasteiger partial charge in [0, 0.05) is 37.3 Å². The zero-order valence-corrected chi connectivity index (χ0v) is 15.5. The maximum absolute atomic E-state index is 5.56. The SMILES string of the molecule is CCCc1cc([C@@H]2CCCCCN2Cc2c(C)nn(C)c2C)no1. The highest BCUT2D eigenvalue weighted by Gasteiger charge is 2.27. The second-order valence-electron chi connectivity index (χ2n) is 7.08. The quantitative estimate of drug-likeness (QED) is 0.828. The van der Waals surface area contributed by atoms with Crippen LogP contribution in [0.1, 0.15) is 73.5 Å². The van der Waals surface area contributed by atoms with Crippen molar-refractivity contribution in [2.24, 2.45) is 7.05 Å². The highest BCUT2D eigenvalue weighted by molar-refractivity contribution is 5.24. The summed E-state index contributed by atoms with van der Waals surface area (Å²) in [5.74, 6) is 1.02. The lowest BCUT2D eigenvalue weighted by Crippen LogP contribution is -2.28. The highest BCUT2D eigenvalue weighted by Crippen LogP contribution is 2.32. The normalized spacial score (nSPS) is 19.6. The summed E-state index contributed by atoms with van der Waals surface area (Å²) in [4.78, 5) is 2.58. The number of nitrogens with zero attached hydrogens (tertiary/aromatic N) is 4. The fourth-order valence-corrected chi connectivity index (χ4v) is 3.79. The Bertz CT molecular complexity index is 673. The van der Waals surface area contributed by atoms with Crippen molar-refractivity contribution in [1.29, 1.82) is 0 Å². The number of aryl methyl sites for hydroxylation is 3. The van der Waals surface area contributed by atoms with E-state index in [2.05, 4.69) is 42.0 Å². The minimum Gasteiger partial charge on any atom is -0.361 e. The first-order valence-corrected chi connectivity index (χ1v) is 9.28. The second kappa shape index (κ2) is 7.51. The molecular weight excluding hydrogens is 300 g/mol. The van der Waals surface area contributed by atoms with Crippen molar-refractivity contribution in [2.75, 3.05) is 6.54 Å². The van der Waals surface area contributed by atoms with Crippen LogP contribution in [-0.4, -0.2) is 26.4 Å². The monoisotopic (exact) mass is 330 g/mol. The van der Waals surface area contributed by atoms with Gasteiger partial charge in [-0.25, -0.2) is 0 Å². The standard InChI is InChI=1S/C19H30N4O/c1-5-9-16-12-18(21-24-16)19-10-7-6-8-11-23(19)13-17-14(2)20-22(4)15(17)3/h12,19H,5-11,13H2,1-4H3/t19-/m0/s1. The minimum atomic E-state index is 0.362. The van der Waals surface area contributed by atoms with Gasteiger partial charge in [0.25, 0.3) is 0 Å². The average Bonchev–Trinajstić information content (AvgIpc) is 3.00. The van der Waals surface area contributed by atoms with E-state index in [4.69, 9.17) is 4.52 Å². The maximum atomic E-state index is 5.56. The van der Waals surface area contributed by atoms with Crippen molar-refractivity contribution in [3.8, 4) is 0 Å². The van der Waals surface area contributed by atoms with Crippen LogP contribution in [0.15, 0.2) is 10.6 Å². The van der Waals surface area contributed by atoms with Crippen LogP contribution in [0.3, 0.4) is 0 Å². The van der Waals surface area contributed by atoms with Crippen molar-refractivity contribution in [3.63, 3.8) is 0 Å². The first-order valence-electron chi connectivity index (χ1n) is 9.28. The molecule has 0 bridgehead atoms. The topological polar surface area (TPSA) is 47.1 Å². The number of hydrogen-bond acceptors (Lipinski definition) is 4. The average molecular weight is 330 g/mol. The predicted octanol–water partition coefficient (Wildman–Crippen LogP) is 4.09. The third kappa shape index (κ3) is 3.56. The molecule has 1 fully saturated rings. The predicted molar refractivity (Wildman–Crippen MR) is 94.8 cm³/mol. The van der Waals surface area contributed by atoms with E-state index in [1.54, 1.807) is 0 Å². The van der Waals surface area contributed by atoms with Crippen LogP contribution in [0.5, 0.6) is 0 Å². The lowest BCUT2D eigenvalue weighted by Gasteiger charge is -2.28. The Morgan fingerprint density at radius 1 is 1.25 bits per heavy atom. The van der Waals surface area contributed by atoms with E-state index in [9.17, 15) is 0 Å².